The number of nitriles is 1. The van der Waals surface area contributed by atoms with Crippen molar-refractivity contribution in [1.82, 2.24) is 0 Å². The molecule has 1 unspecified atom stereocenters. The third-order valence-electron chi connectivity index (χ3n) is 3.24. The number of ether oxygens (including phenoxy) is 1. The van der Waals surface area contributed by atoms with Gasteiger partial charge in [0.1, 0.15) is 18.1 Å². The number of nitrogens with one attached hydrogen (secondary N) is 1. The van der Waals surface area contributed by atoms with Crippen molar-refractivity contribution in [2.45, 2.75) is 5.54 Å². The smallest absolute Gasteiger partial charge is 0.188 e. The molecule has 100 valence electrons. The van der Waals surface area contributed by atoms with E-state index < -0.39 is 5.54 Å². The number of benzene rings is 2. The lowest BCUT2D eigenvalue weighted by atomic mass is 9.93. The van der Waals surface area contributed by atoms with Gasteiger partial charge in [0.2, 0.25) is 0 Å². The highest BCUT2D eigenvalue weighted by Gasteiger charge is 2.41. The number of anilines is 1. The van der Waals surface area contributed by atoms with Crippen LogP contribution in [0.1, 0.15) is 5.56 Å². The molecule has 0 saturated carbocycles. The van der Waals surface area contributed by atoms with Gasteiger partial charge in [0.25, 0.3) is 0 Å². The summed E-state index contributed by atoms with van der Waals surface area (Å²) >= 11 is 5.95. The predicted molar refractivity (Wildman–Crippen MR) is 76.0 cm³/mol. The monoisotopic (exact) mass is 286 g/mol. The van der Waals surface area contributed by atoms with Crippen LogP contribution < -0.4 is 10.1 Å². The van der Waals surface area contributed by atoms with Crippen molar-refractivity contribution in [3.8, 4) is 17.6 Å². The zero-order chi connectivity index (χ0) is 14.2. The topological polar surface area (TPSA) is 65.3 Å². The van der Waals surface area contributed by atoms with E-state index >= 15 is 0 Å². The second-order valence-electron chi connectivity index (χ2n) is 4.62. The Hall–Kier alpha value is -2.38. The van der Waals surface area contributed by atoms with Crippen LogP contribution in [-0.2, 0) is 5.54 Å². The van der Waals surface area contributed by atoms with E-state index in [1.807, 2.05) is 12.1 Å². The summed E-state index contributed by atoms with van der Waals surface area (Å²) in [6.45, 7) is 0.175. The highest BCUT2D eigenvalue weighted by atomic mass is 35.5. The third-order valence-corrected chi connectivity index (χ3v) is 3.48. The van der Waals surface area contributed by atoms with E-state index in [0.29, 0.717) is 16.3 Å². The van der Waals surface area contributed by atoms with Crippen LogP contribution in [0.4, 0.5) is 5.69 Å². The van der Waals surface area contributed by atoms with Crippen LogP contribution in [0.15, 0.2) is 42.5 Å². The first-order chi connectivity index (χ1) is 9.63. The lowest BCUT2D eigenvalue weighted by molar-refractivity contribution is 0.313. The molecule has 1 atom stereocenters. The summed E-state index contributed by atoms with van der Waals surface area (Å²) in [5, 5.41) is 22.8. The van der Waals surface area contributed by atoms with Crippen molar-refractivity contribution in [3.05, 3.63) is 53.1 Å². The minimum absolute atomic E-state index is 0.111. The molecule has 3 rings (SSSR count). The average Bonchev–Trinajstić information content (AvgIpc) is 2.77. The molecule has 1 aliphatic heterocycles. The van der Waals surface area contributed by atoms with E-state index in [1.54, 1.807) is 24.3 Å². The fourth-order valence-corrected chi connectivity index (χ4v) is 2.47. The Balaban J connectivity index is 2.01. The summed E-state index contributed by atoms with van der Waals surface area (Å²) in [7, 11) is 0. The fourth-order valence-electron chi connectivity index (χ4n) is 2.28. The Morgan fingerprint density at radius 2 is 2.15 bits per heavy atom. The van der Waals surface area contributed by atoms with Gasteiger partial charge in [-0.2, -0.15) is 5.26 Å². The van der Waals surface area contributed by atoms with Gasteiger partial charge >= 0.3 is 0 Å². The highest BCUT2D eigenvalue weighted by Crippen LogP contribution is 2.40. The zero-order valence-electron chi connectivity index (χ0n) is 10.4. The third kappa shape index (κ3) is 2.02. The highest BCUT2D eigenvalue weighted by molar-refractivity contribution is 6.30. The van der Waals surface area contributed by atoms with E-state index in [9.17, 15) is 10.4 Å². The maximum absolute atomic E-state index is 9.58. The van der Waals surface area contributed by atoms with E-state index in [0.717, 1.165) is 5.69 Å². The number of aromatic hydroxyl groups is 1. The van der Waals surface area contributed by atoms with Gasteiger partial charge in [-0.25, -0.2) is 0 Å². The lowest BCUT2D eigenvalue weighted by Crippen LogP contribution is -2.35. The van der Waals surface area contributed by atoms with Crippen LogP contribution in [0.2, 0.25) is 5.02 Å². The van der Waals surface area contributed by atoms with Gasteiger partial charge in [-0.3, -0.25) is 0 Å². The minimum Gasteiger partial charge on any atom is -0.508 e. The molecular weight excluding hydrogens is 276 g/mol. The van der Waals surface area contributed by atoms with Gasteiger partial charge in [-0.05, 0) is 30.3 Å². The van der Waals surface area contributed by atoms with Crippen molar-refractivity contribution in [3.63, 3.8) is 0 Å². The Labute approximate surface area is 121 Å². The van der Waals surface area contributed by atoms with Crippen LogP contribution in [0.3, 0.4) is 0 Å². The molecule has 2 N–H and O–H groups in total. The Kier molecular flexibility index (Phi) is 2.92. The summed E-state index contributed by atoms with van der Waals surface area (Å²) in [5.74, 6) is 0.626. The van der Waals surface area contributed by atoms with Crippen molar-refractivity contribution < 1.29 is 9.84 Å². The van der Waals surface area contributed by atoms with Crippen LogP contribution in [0.25, 0.3) is 0 Å². The Bertz CT molecular complexity index is 711. The Morgan fingerprint density at radius 1 is 1.30 bits per heavy atom. The van der Waals surface area contributed by atoms with Gasteiger partial charge in [0.15, 0.2) is 5.54 Å². The molecule has 0 saturated heterocycles. The summed E-state index contributed by atoms with van der Waals surface area (Å²) in [4.78, 5) is 0. The lowest BCUT2D eigenvalue weighted by Gasteiger charge is -2.22. The molecule has 1 aliphatic rings. The minimum atomic E-state index is -0.978. The first kappa shape index (κ1) is 12.6. The number of hydrogen-bond acceptors (Lipinski definition) is 4. The predicted octanol–water partition coefficient (Wildman–Crippen LogP) is 3.27. The summed E-state index contributed by atoms with van der Waals surface area (Å²) in [6, 6.07) is 14.2. The summed E-state index contributed by atoms with van der Waals surface area (Å²) in [6.07, 6.45) is 0. The molecule has 0 bridgehead atoms. The molecule has 0 fully saturated rings. The van der Waals surface area contributed by atoms with Gasteiger partial charge in [0, 0.05) is 22.3 Å². The van der Waals surface area contributed by atoms with Crippen LogP contribution in [-0.4, -0.2) is 11.7 Å². The van der Waals surface area contributed by atoms with Gasteiger partial charge in [-0.15, -0.1) is 0 Å². The quantitative estimate of drug-likeness (QED) is 0.889. The first-order valence-electron chi connectivity index (χ1n) is 6.04. The average molecular weight is 287 g/mol. The number of fused-ring (bicyclic) bond motifs is 1. The van der Waals surface area contributed by atoms with Crippen molar-refractivity contribution in [2.24, 2.45) is 0 Å². The summed E-state index contributed by atoms with van der Waals surface area (Å²) in [5.41, 5.74) is 0.467. The van der Waals surface area contributed by atoms with Crippen molar-refractivity contribution in [1.29, 1.82) is 5.26 Å². The number of halogens is 1. The molecule has 0 aliphatic carbocycles. The molecule has 2 aromatic carbocycles. The normalized spacial score (nSPS) is 19.8. The Morgan fingerprint density at radius 3 is 2.90 bits per heavy atom. The molecule has 0 spiro atoms. The molecule has 4 nitrogen and oxygen atoms in total. The fraction of sp³-hybridized carbons (Fsp3) is 0.133. The van der Waals surface area contributed by atoms with Crippen molar-refractivity contribution in [2.75, 3.05) is 11.9 Å². The largest absolute Gasteiger partial charge is 0.508 e. The molecule has 0 amide bonds. The van der Waals surface area contributed by atoms with Crippen LogP contribution in [0.5, 0.6) is 11.5 Å². The van der Waals surface area contributed by atoms with Gasteiger partial charge in [-0.1, -0.05) is 17.7 Å². The second kappa shape index (κ2) is 4.62. The number of nitrogens with zero attached hydrogens (tertiary/aromatic N) is 1. The number of hydrogen-bond donors (Lipinski definition) is 2. The second-order valence-corrected chi connectivity index (χ2v) is 5.06. The zero-order valence-corrected chi connectivity index (χ0v) is 11.2. The number of rotatable bonds is 2. The molecule has 2 aromatic rings. The number of phenolic OH excluding ortho intramolecular Hbond substituents is 1. The molecule has 0 aromatic heterocycles. The summed E-state index contributed by atoms with van der Waals surface area (Å²) < 4.78 is 5.51. The molecule has 20 heavy (non-hydrogen) atoms. The van der Waals surface area contributed by atoms with Crippen molar-refractivity contribution >= 4 is 17.3 Å². The van der Waals surface area contributed by atoms with Gasteiger partial charge in [0.05, 0.1) is 6.07 Å². The first-order valence-corrected chi connectivity index (χ1v) is 6.42. The maximum Gasteiger partial charge on any atom is 0.188 e. The van der Waals surface area contributed by atoms with Crippen LogP contribution >= 0.6 is 11.6 Å². The van der Waals surface area contributed by atoms with E-state index in [2.05, 4.69) is 11.4 Å². The van der Waals surface area contributed by atoms with E-state index in [1.165, 1.54) is 6.07 Å². The molecule has 5 heteroatoms. The molecular formula is C15H11ClN2O2. The van der Waals surface area contributed by atoms with E-state index in [-0.39, 0.29) is 12.4 Å². The van der Waals surface area contributed by atoms with Crippen LogP contribution in [0, 0.1) is 11.3 Å². The SMILES string of the molecule is N#CC1(Nc2cccc(Cl)c2)COc2cc(O)ccc21. The molecule has 0 radical (unpaired) electrons. The van der Waals surface area contributed by atoms with E-state index in [4.69, 9.17) is 16.3 Å². The van der Waals surface area contributed by atoms with Gasteiger partial charge < -0.3 is 15.2 Å². The molecule has 1 heterocycles. The maximum atomic E-state index is 9.58. The standard InChI is InChI=1S/C15H11ClN2O2/c16-10-2-1-3-11(6-10)18-15(8-17)9-20-14-7-12(19)4-5-13(14)15/h1-7,18-19H,9H2. The number of phenols is 1.